The Morgan fingerprint density at radius 3 is 2.53 bits per heavy atom. The standard InChI is InChI=1S/C17H20NS/c1-13-9-14(2)17-15(10-13)11-18(3,12-19-17)16-7-5-4-6-8-16/h4-10H,11-12H2,1-3H3/q+1. The van der Waals surface area contributed by atoms with Crippen LogP contribution in [0, 0.1) is 13.8 Å². The summed E-state index contributed by atoms with van der Waals surface area (Å²) in [5.74, 6) is 1.11. The van der Waals surface area contributed by atoms with Gasteiger partial charge in [0, 0.05) is 10.5 Å². The molecule has 0 spiro atoms. The lowest BCUT2D eigenvalue weighted by Gasteiger charge is -2.38. The van der Waals surface area contributed by atoms with Gasteiger partial charge in [-0.05, 0) is 37.6 Å². The third kappa shape index (κ3) is 2.31. The van der Waals surface area contributed by atoms with E-state index in [9.17, 15) is 0 Å². The van der Waals surface area contributed by atoms with Crippen molar-refractivity contribution in [2.75, 3.05) is 12.9 Å². The summed E-state index contributed by atoms with van der Waals surface area (Å²) < 4.78 is 0.987. The molecule has 0 fully saturated rings. The topological polar surface area (TPSA) is 0 Å². The Morgan fingerprint density at radius 1 is 1.05 bits per heavy atom. The Labute approximate surface area is 119 Å². The van der Waals surface area contributed by atoms with E-state index in [0.717, 1.165) is 16.9 Å². The molecule has 2 aromatic carbocycles. The van der Waals surface area contributed by atoms with Crippen molar-refractivity contribution in [1.29, 1.82) is 0 Å². The van der Waals surface area contributed by atoms with Gasteiger partial charge in [0.2, 0.25) is 0 Å². The van der Waals surface area contributed by atoms with Gasteiger partial charge in [-0.1, -0.05) is 41.6 Å². The van der Waals surface area contributed by atoms with Crippen LogP contribution in [0.15, 0.2) is 47.4 Å². The third-order valence-corrected chi connectivity index (χ3v) is 5.46. The van der Waals surface area contributed by atoms with Gasteiger partial charge in [0.15, 0.2) is 0 Å². The van der Waals surface area contributed by atoms with Crippen LogP contribution in [0.5, 0.6) is 0 Å². The van der Waals surface area contributed by atoms with E-state index in [4.69, 9.17) is 0 Å². The van der Waals surface area contributed by atoms with E-state index in [-0.39, 0.29) is 0 Å². The smallest absolute Gasteiger partial charge is 0.135 e. The molecule has 0 N–H and O–H groups in total. The van der Waals surface area contributed by atoms with Crippen LogP contribution in [0.2, 0.25) is 0 Å². The van der Waals surface area contributed by atoms with Crippen molar-refractivity contribution in [3.05, 3.63) is 59.2 Å². The minimum atomic E-state index is 0.987. The average molecular weight is 270 g/mol. The maximum atomic E-state index is 2.36. The van der Waals surface area contributed by atoms with E-state index in [1.807, 2.05) is 11.8 Å². The summed E-state index contributed by atoms with van der Waals surface area (Å²) in [6.45, 7) is 5.52. The molecule has 0 aliphatic carbocycles. The first-order chi connectivity index (χ1) is 9.08. The van der Waals surface area contributed by atoms with Crippen LogP contribution in [0.25, 0.3) is 0 Å². The predicted octanol–water partition coefficient (Wildman–Crippen LogP) is 4.50. The summed E-state index contributed by atoms with van der Waals surface area (Å²) in [5.41, 5.74) is 5.71. The van der Waals surface area contributed by atoms with Gasteiger partial charge >= 0.3 is 0 Å². The molecule has 1 unspecified atom stereocenters. The van der Waals surface area contributed by atoms with E-state index in [0.29, 0.717) is 0 Å². The number of benzene rings is 2. The zero-order chi connectivity index (χ0) is 13.5. The highest BCUT2D eigenvalue weighted by molar-refractivity contribution is 7.99. The van der Waals surface area contributed by atoms with E-state index in [2.05, 4.69) is 63.4 Å². The highest BCUT2D eigenvalue weighted by Crippen LogP contribution is 2.39. The first-order valence-corrected chi connectivity index (χ1v) is 7.70. The SMILES string of the molecule is Cc1cc(C)c2c(c1)C[N+](C)(c1ccccc1)CS2. The van der Waals surface area contributed by atoms with Crippen molar-refractivity contribution >= 4 is 17.4 Å². The van der Waals surface area contributed by atoms with E-state index in [1.54, 1.807) is 0 Å². The lowest BCUT2D eigenvalue weighted by molar-refractivity contribution is 0.367. The number of aryl methyl sites for hydroxylation is 2. The van der Waals surface area contributed by atoms with Gasteiger partial charge in [-0.15, -0.1) is 0 Å². The van der Waals surface area contributed by atoms with Crippen molar-refractivity contribution in [1.82, 2.24) is 4.48 Å². The fraction of sp³-hybridized carbons (Fsp3) is 0.294. The largest absolute Gasteiger partial charge is 0.281 e. The maximum Gasteiger partial charge on any atom is 0.135 e. The molecule has 1 nitrogen and oxygen atoms in total. The number of fused-ring (bicyclic) bond motifs is 1. The Morgan fingerprint density at radius 2 is 1.79 bits per heavy atom. The van der Waals surface area contributed by atoms with Crippen LogP contribution in [0.1, 0.15) is 16.7 Å². The second-order valence-electron chi connectivity index (χ2n) is 5.73. The predicted molar refractivity (Wildman–Crippen MR) is 84.5 cm³/mol. The monoisotopic (exact) mass is 270 g/mol. The maximum absolute atomic E-state index is 2.36. The van der Waals surface area contributed by atoms with Gasteiger partial charge in [0.25, 0.3) is 0 Å². The number of hydrogen-bond donors (Lipinski definition) is 0. The van der Waals surface area contributed by atoms with Crippen molar-refractivity contribution in [2.45, 2.75) is 25.3 Å². The molecule has 0 aromatic heterocycles. The molecule has 1 aliphatic heterocycles. The molecule has 2 aromatic rings. The van der Waals surface area contributed by atoms with Crippen LogP contribution in [-0.2, 0) is 6.54 Å². The van der Waals surface area contributed by atoms with Gasteiger partial charge in [-0.25, -0.2) is 0 Å². The highest BCUT2D eigenvalue weighted by Gasteiger charge is 2.31. The van der Waals surface area contributed by atoms with Gasteiger partial charge in [0.1, 0.15) is 18.1 Å². The molecule has 2 heteroatoms. The van der Waals surface area contributed by atoms with Gasteiger partial charge in [-0.2, -0.15) is 0 Å². The summed E-state index contributed by atoms with van der Waals surface area (Å²) in [5, 5.41) is 0. The van der Waals surface area contributed by atoms with Gasteiger partial charge < -0.3 is 0 Å². The van der Waals surface area contributed by atoms with Crippen LogP contribution in [0.3, 0.4) is 0 Å². The minimum Gasteiger partial charge on any atom is -0.281 e. The molecule has 1 atom stereocenters. The summed E-state index contributed by atoms with van der Waals surface area (Å²) in [6.07, 6.45) is 0. The highest BCUT2D eigenvalue weighted by atomic mass is 32.2. The quantitative estimate of drug-likeness (QED) is 0.687. The van der Waals surface area contributed by atoms with Crippen LogP contribution in [0.4, 0.5) is 5.69 Å². The molecule has 19 heavy (non-hydrogen) atoms. The molecule has 0 saturated carbocycles. The molecule has 98 valence electrons. The Balaban J connectivity index is 2.02. The normalized spacial score (nSPS) is 22.1. The minimum absolute atomic E-state index is 0.987. The van der Waals surface area contributed by atoms with Crippen molar-refractivity contribution in [2.24, 2.45) is 0 Å². The van der Waals surface area contributed by atoms with Crippen molar-refractivity contribution < 1.29 is 0 Å². The molecule has 0 bridgehead atoms. The van der Waals surface area contributed by atoms with Crippen LogP contribution in [-0.4, -0.2) is 12.9 Å². The average Bonchev–Trinajstić information content (AvgIpc) is 2.39. The number of nitrogens with zero attached hydrogens (tertiary/aromatic N) is 1. The summed E-state index contributed by atoms with van der Waals surface area (Å²) >= 11 is 2.00. The fourth-order valence-corrected chi connectivity index (χ4v) is 4.20. The number of thioether (sulfide) groups is 1. The molecule has 1 heterocycles. The van der Waals surface area contributed by atoms with Crippen LogP contribution < -0.4 is 4.48 Å². The second kappa shape index (κ2) is 4.69. The number of hydrogen-bond acceptors (Lipinski definition) is 1. The number of rotatable bonds is 1. The molecular formula is C17H20NS+. The Bertz CT molecular complexity index is 606. The summed E-state index contributed by atoms with van der Waals surface area (Å²) in [6, 6.07) is 15.5. The molecular weight excluding hydrogens is 250 g/mol. The summed E-state index contributed by atoms with van der Waals surface area (Å²) in [4.78, 5) is 1.50. The van der Waals surface area contributed by atoms with Crippen molar-refractivity contribution in [3.63, 3.8) is 0 Å². The molecule has 0 radical (unpaired) electrons. The van der Waals surface area contributed by atoms with E-state index in [1.165, 1.54) is 27.3 Å². The Hall–Kier alpha value is -1.25. The second-order valence-corrected chi connectivity index (χ2v) is 6.69. The zero-order valence-electron chi connectivity index (χ0n) is 11.8. The lowest BCUT2D eigenvalue weighted by Crippen LogP contribution is -2.46. The Kier molecular flexibility index (Phi) is 3.15. The molecule has 1 aliphatic rings. The molecule has 0 saturated heterocycles. The number of quaternary nitrogens is 1. The van der Waals surface area contributed by atoms with E-state index < -0.39 is 0 Å². The van der Waals surface area contributed by atoms with Crippen molar-refractivity contribution in [3.8, 4) is 0 Å². The first-order valence-electron chi connectivity index (χ1n) is 6.72. The summed E-state index contributed by atoms with van der Waals surface area (Å²) in [7, 11) is 2.34. The van der Waals surface area contributed by atoms with Gasteiger partial charge in [-0.3, -0.25) is 4.48 Å². The molecule has 0 amide bonds. The zero-order valence-corrected chi connectivity index (χ0v) is 12.6. The molecule has 3 rings (SSSR count). The van der Waals surface area contributed by atoms with Crippen LogP contribution >= 0.6 is 11.8 Å². The van der Waals surface area contributed by atoms with Gasteiger partial charge in [0.05, 0.1) is 7.05 Å². The lowest BCUT2D eigenvalue weighted by atomic mass is 10.1. The third-order valence-electron chi connectivity index (χ3n) is 3.89. The fourth-order valence-electron chi connectivity index (χ4n) is 2.95. The first kappa shape index (κ1) is 12.8. The van der Waals surface area contributed by atoms with E-state index >= 15 is 0 Å². The number of para-hydroxylation sites is 1.